The number of quaternary nitrogens is 1. The van der Waals surface area contributed by atoms with Crippen LogP contribution in [-0.2, 0) is 14.1 Å². The number of hydrogen-bond acceptors (Lipinski definition) is 3. The first-order valence-electron chi connectivity index (χ1n) is 19.6. The van der Waals surface area contributed by atoms with Crippen LogP contribution in [0.15, 0.2) is 97.2 Å². The summed E-state index contributed by atoms with van der Waals surface area (Å²) in [4.78, 5) is 27.0. The number of ketones is 2. The maximum absolute atomic E-state index is 13.5. The molecule has 0 amide bonds. The van der Waals surface area contributed by atoms with Crippen LogP contribution in [0.1, 0.15) is 142 Å². The monoisotopic (exact) mass is 708 g/mol. The molecule has 0 spiro atoms. The van der Waals surface area contributed by atoms with Crippen LogP contribution in [0.5, 0.6) is 0 Å². The molecule has 0 rings (SSSR count). The van der Waals surface area contributed by atoms with Gasteiger partial charge in [0, 0.05) is 12.8 Å². The molecule has 0 saturated carbocycles. The third-order valence-corrected chi connectivity index (χ3v) is 8.58. The Morgan fingerprint density at radius 3 is 1.02 bits per heavy atom. The fourth-order valence-corrected chi connectivity index (χ4v) is 5.72. The van der Waals surface area contributed by atoms with Crippen molar-refractivity contribution in [3.63, 3.8) is 0 Å². The molecule has 0 aliphatic rings. The van der Waals surface area contributed by atoms with Gasteiger partial charge in [0.1, 0.15) is 6.54 Å². The fourth-order valence-electron chi connectivity index (χ4n) is 5.43. The minimum absolute atomic E-state index is 0.140. The van der Waals surface area contributed by atoms with E-state index in [1.54, 1.807) is 0 Å². The Hall–Kier alpha value is -2.39. The Balaban J connectivity index is 4.50. The molecule has 0 radical (unpaired) electrons. The van der Waals surface area contributed by atoms with E-state index >= 15 is 0 Å². The number of likely N-dealkylation sites (N-methyl/N-ethyl adjacent to an activating group) is 1. The van der Waals surface area contributed by atoms with Gasteiger partial charge in [-0.2, -0.15) is 0 Å². The van der Waals surface area contributed by atoms with Crippen molar-refractivity contribution in [1.82, 2.24) is 0 Å². The van der Waals surface area contributed by atoms with Crippen LogP contribution in [0.3, 0.4) is 0 Å². The molecule has 0 aromatic rings. The SMILES string of the molecule is CCCCCC=CCC=CCC=CCC=CCCCC(=O)C(C[N+](C)(C)C)(O[PH-])C(=O)CCCC=CCC=CCC=CCC=CCCCCC. The highest BCUT2D eigenvalue weighted by Crippen LogP contribution is 2.26. The third-order valence-electron chi connectivity index (χ3n) is 8.24. The Kier molecular flexibility index (Phi) is 32.1. The molecule has 0 N–H and O–H groups in total. The van der Waals surface area contributed by atoms with E-state index in [-0.39, 0.29) is 11.6 Å². The number of nitrogens with zero attached hydrogens (tertiary/aromatic N) is 1. The molecule has 0 aromatic heterocycles. The van der Waals surface area contributed by atoms with E-state index in [0.29, 0.717) is 36.7 Å². The summed E-state index contributed by atoms with van der Waals surface area (Å²) in [5.74, 6) is -0.279. The van der Waals surface area contributed by atoms with Gasteiger partial charge in [-0.15, -0.1) is 0 Å². The molecule has 0 aliphatic carbocycles. The normalized spacial score (nSPS) is 14.4. The lowest BCUT2D eigenvalue weighted by atomic mass is 9.86. The van der Waals surface area contributed by atoms with E-state index in [9.17, 15) is 9.59 Å². The number of unbranched alkanes of at least 4 members (excludes halogenated alkanes) is 8. The molecular weight excluding hydrogens is 633 g/mol. The zero-order chi connectivity index (χ0) is 37.0. The number of carbonyl (C=O) groups is 2. The quantitative estimate of drug-likeness (QED) is 0.0224. The topological polar surface area (TPSA) is 43.4 Å². The molecular formula is C45H74NO3P. The van der Waals surface area contributed by atoms with Crippen molar-refractivity contribution in [1.29, 1.82) is 0 Å². The van der Waals surface area contributed by atoms with Crippen molar-refractivity contribution in [3.8, 4) is 0 Å². The Morgan fingerprint density at radius 2 is 0.760 bits per heavy atom. The van der Waals surface area contributed by atoms with Crippen LogP contribution >= 0.6 is 9.47 Å². The average molecular weight is 708 g/mol. The number of allylic oxidation sites excluding steroid dienone is 16. The summed E-state index contributed by atoms with van der Waals surface area (Å²) in [6.45, 7) is 4.77. The van der Waals surface area contributed by atoms with Crippen molar-refractivity contribution < 1.29 is 18.6 Å². The average Bonchev–Trinajstić information content (AvgIpc) is 3.09. The highest BCUT2D eigenvalue weighted by molar-refractivity contribution is 7.10. The summed E-state index contributed by atoms with van der Waals surface area (Å²) in [7, 11) is 9.11. The summed E-state index contributed by atoms with van der Waals surface area (Å²) in [5.41, 5.74) is -1.47. The fraction of sp³-hybridized carbons (Fsp3) is 0.600. The first kappa shape index (κ1) is 47.6. The molecule has 0 saturated heterocycles. The summed E-state index contributed by atoms with van der Waals surface area (Å²) in [5, 5.41) is 0. The number of hydrogen-bond donors (Lipinski definition) is 0. The molecule has 4 nitrogen and oxygen atoms in total. The predicted octanol–water partition coefficient (Wildman–Crippen LogP) is 12.9. The molecule has 0 aliphatic heterocycles. The van der Waals surface area contributed by atoms with Crippen LogP contribution in [0.2, 0.25) is 0 Å². The summed E-state index contributed by atoms with van der Waals surface area (Å²) in [6, 6.07) is 0. The predicted molar refractivity (Wildman–Crippen MR) is 222 cm³/mol. The van der Waals surface area contributed by atoms with Gasteiger partial charge in [-0.1, -0.05) is 137 Å². The van der Waals surface area contributed by atoms with Crippen molar-refractivity contribution in [3.05, 3.63) is 97.2 Å². The maximum atomic E-state index is 13.5. The highest BCUT2D eigenvalue weighted by Gasteiger charge is 2.46. The number of Topliss-reactive ketones (excluding diaryl/α,β-unsaturated/α-hetero) is 2. The molecule has 5 heteroatoms. The van der Waals surface area contributed by atoms with E-state index in [0.717, 1.165) is 51.4 Å². The van der Waals surface area contributed by atoms with Crippen molar-refractivity contribution >= 4 is 21.0 Å². The van der Waals surface area contributed by atoms with Gasteiger partial charge in [0.15, 0.2) is 11.6 Å². The third kappa shape index (κ3) is 28.3. The molecule has 0 atom stereocenters. The standard InChI is InChI=1S/C45H74NO3P/c1-6-8-10-12-14-16-18-20-22-24-26-28-30-32-34-36-38-40-43(47)45(49-50,42-46(3,4)5)44(48)41-39-37-35-33-31-29-27-25-23-21-19-17-15-13-11-9-7-2/h14-17,20-23,26-29,32-35,50H,6-13,18-19,24-25,30-31,36-42H2,1-5H3. The molecule has 0 fully saturated rings. The minimum atomic E-state index is -1.47. The summed E-state index contributed by atoms with van der Waals surface area (Å²) >= 11 is 0. The van der Waals surface area contributed by atoms with Gasteiger partial charge in [-0.3, -0.25) is 9.59 Å². The highest BCUT2D eigenvalue weighted by atomic mass is 31.0. The van der Waals surface area contributed by atoms with Gasteiger partial charge >= 0.3 is 0 Å². The van der Waals surface area contributed by atoms with Gasteiger partial charge in [0.25, 0.3) is 0 Å². The van der Waals surface area contributed by atoms with Crippen LogP contribution in [0.4, 0.5) is 0 Å². The molecule has 0 heterocycles. The smallest absolute Gasteiger partial charge is 0.204 e. The van der Waals surface area contributed by atoms with Crippen molar-refractivity contribution in [2.24, 2.45) is 0 Å². The maximum Gasteiger partial charge on any atom is 0.204 e. The van der Waals surface area contributed by atoms with Crippen LogP contribution in [0, 0.1) is 0 Å². The molecule has 0 unspecified atom stereocenters. The van der Waals surface area contributed by atoms with Gasteiger partial charge in [-0.05, 0) is 89.9 Å². The van der Waals surface area contributed by atoms with Crippen molar-refractivity contribution in [2.75, 3.05) is 27.7 Å². The lowest BCUT2D eigenvalue weighted by Gasteiger charge is -2.39. The zero-order valence-corrected chi connectivity index (χ0v) is 33.8. The summed E-state index contributed by atoms with van der Waals surface area (Å²) < 4.78 is 6.08. The van der Waals surface area contributed by atoms with E-state index in [1.807, 2.05) is 21.1 Å². The van der Waals surface area contributed by atoms with Gasteiger partial charge in [0.2, 0.25) is 5.60 Å². The molecule has 0 aromatic carbocycles. The van der Waals surface area contributed by atoms with E-state index in [1.165, 1.54) is 51.4 Å². The zero-order valence-electron chi connectivity index (χ0n) is 32.8. The number of carbonyl (C=O) groups excluding carboxylic acids is 2. The van der Waals surface area contributed by atoms with E-state index in [2.05, 4.69) is 121 Å². The van der Waals surface area contributed by atoms with Gasteiger partial charge < -0.3 is 18.5 Å². The second-order valence-corrected chi connectivity index (χ2v) is 14.4. The lowest BCUT2D eigenvalue weighted by Crippen LogP contribution is -2.58. The molecule has 0 bridgehead atoms. The van der Waals surface area contributed by atoms with Crippen LogP contribution < -0.4 is 0 Å². The van der Waals surface area contributed by atoms with Gasteiger partial charge in [0.05, 0.1) is 21.1 Å². The largest absolute Gasteiger partial charge is 0.541 e. The van der Waals surface area contributed by atoms with E-state index in [4.69, 9.17) is 4.52 Å². The van der Waals surface area contributed by atoms with E-state index < -0.39 is 5.60 Å². The lowest BCUT2D eigenvalue weighted by molar-refractivity contribution is -0.873. The first-order valence-corrected chi connectivity index (χ1v) is 20.1. The second kappa shape index (κ2) is 33.7. The van der Waals surface area contributed by atoms with Crippen LogP contribution in [0.25, 0.3) is 0 Å². The van der Waals surface area contributed by atoms with Crippen molar-refractivity contribution in [2.45, 2.75) is 148 Å². The summed E-state index contributed by atoms with van der Waals surface area (Å²) in [6.07, 6.45) is 54.7. The number of rotatable bonds is 33. The van der Waals surface area contributed by atoms with Crippen LogP contribution in [-0.4, -0.2) is 49.3 Å². The Bertz CT molecular complexity index is 1010. The molecule has 282 valence electrons. The second-order valence-electron chi connectivity index (χ2n) is 14.2. The Morgan fingerprint density at radius 1 is 0.480 bits per heavy atom. The Labute approximate surface area is 311 Å². The first-order chi connectivity index (χ1) is 24.2. The van der Waals surface area contributed by atoms with Gasteiger partial charge in [-0.25, -0.2) is 0 Å². The molecule has 50 heavy (non-hydrogen) atoms. The minimum Gasteiger partial charge on any atom is -0.541 e.